The molecule has 0 aliphatic rings. The van der Waals surface area contributed by atoms with E-state index in [1.165, 1.54) is 10.8 Å². The second kappa shape index (κ2) is 12.6. The minimum absolute atomic E-state index is 0.406. The Morgan fingerprint density at radius 2 is 1.38 bits per heavy atom. The Labute approximate surface area is 261 Å². The van der Waals surface area contributed by atoms with E-state index >= 15 is 0 Å². The normalized spacial score (nSPS) is 12.0. The monoisotopic (exact) mass is 580 g/mol. The summed E-state index contributed by atoms with van der Waals surface area (Å²) in [6.07, 6.45) is 6.89. The van der Waals surface area contributed by atoms with E-state index in [1.54, 1.807) is 24.8 Å². The molecule has 0 aliphatic heterocycles. The zero-order valence-corrected chi connectivity index (χ0v) is 24.5. The lowest BCUT2D eigenvalue weighted by Crippen LogP contribution is -2.06. The molecule has 7 aromatic rings. The van der Waals surface area contributed by atoms with Crippen LogP contribution in [0.4, 0.5) is 0 Å². The molecule has 0 N–H and O–H groups in total. The molecule has 6 nitrogen and oxygen atoms in total. The first-order valence-electron chi connectivity index (χ1n) is 14.6. The van der Waals surface area contributed by atoms with Crippen molar-refractivity contribution in [2.45, 2.75) is 6.54 Å². The Bertz CT molecular complexity index is 2190. The molecule has 0 saturated carbocycles. The lowest BCUT2D eigenvalue weighted by molar-refractivity contribution is 1.06. The Morgan fingerprint density at radius 3 is 2.13 bits per heavy atom. The molecular weight excluding hydrogens is 552 g/mol. The molecule has 45 heavy (non-hydrogen) atoms. The molecule has 0 bridgehead atoms. The zero-order chi connectivity index (χ0) is 30.4. The molecular formula is C39H28N6. The van der Waals surface area contributed by atoms with Crippen LogP contribution < -0.4 is 0 Å². The maximum atomic E-state index is 5.16. The number of pyridine rings is 3. The van der Waals surface area contributed by atoms with Crippen LogP contribution in [-0.4, -0.2) is 33.3 Å². The zero-order valence-electron chi connectivity index (χ0n) is 24.5. The van der Waals surface area contributed by atoms with Crippen LogP contribution in [0.5, 0.6) is 0 Å². The van der Waals surface area contributed by atoms with Crippen molar-refractivity contribution in [1.82, 2.24) is 15.0 Å². The maximum absolute atomic E-state index is 5.16. The number of hydrogen-bond donors (Lipinski definition) is 0. The van der Waals surface area contributed by atoms with Crippen LogP contribution in [0.1, 0.15) is 16.7 Å². The highest BCUT2D eigenvalue weighted by Crippen LogP contribution is 2.36. The third kappa shape index (κ3) is 5.90. The minimum atomic E-state index is 0.406. The quantitative estimate of drug-likeness (QED) is 0.112. The largest absolute Gasteiger partial charge is 0.264 e. The molecule has 0 fully saturated rings. The fourth-order valence-corrected chi connectivity index (χ4v) is 5.47. The third-order valence-corrected chi connectivity index (χ3v) is 7.62. The molecule has 6 heteroatoms. The van der Waals surface area contributed by atoms with Gasteiger partial charge in [0.05, 0.1) is 17.8 Å². The molecule has 0 amide bonds. The van der Waals surface area contributed by atoms with Crippen molar-refractivity contribution in [3.05, 3.63) is 163 Å². The van der Waals surface area contributed by atoms with E-state index in [0.29, 0.717) is 18.2 Å². The predicted molar refractivity (Wildman–Crippen MR) is 185 cm³/mol. The SMILES string of the molecule is C=NC(=NC(=NCc1cccc(-c2cc(-c3ccccc3)c3c(ccc4ccccc43)n2)c1)c1cccnc1)c1cccnc1. The molecule has 0 atom stereocenters. The van der Waals surface area contributed by atoms with Gasteiger partial charge in [-0.3, -0.25) is 15.0 Å². The van der Waals surface area contributed by atoms with E-state index in [2.05, 4.69) is 107 Å². The van der Waals surface area contributed by atoms with Crippen molar-refractivity contribution < 1.29 is 0 Å². The minimum Gasteiger partial charge on any atom is -0.264 e. The lowest BCUT2D eigenvalue weighted by atomic mass is 9.94. The number of aromatic nitrogens is 3. The Balaban J connectivity index is 1.30. The van der Waals surface area contributed by atoms with Gasteiger partial charge >= 0.3 is 0 Å². The Hall–Kier alpha value is -6.14. The lowest BCUT2D eigenvalue weighted by Gasteiger charge is -2.13. The van der Waals surface area contributed by atoms with Gasteiger partial charge in [0.1, 0.15) is 0 Å². The van der Waals surface area contributed by atoms with E-state index in [9.17, 15) is 0 Å². The molecule has 4 aromatic carbocycles. The van der Waals surface area contributed by atoms with Crippen LogP contribution in [0.3, 0.4) is 0 Å². The van der Waals surface area contributed by atoms with Gasteiger partial charge in [-0.05, 0) is 76.6 Å². The van der Waals surface area contributed by atoms with Crippen molar-refractivity contribution in [2.24, 2.45) is 15.0 Å². The van der Waals surface area contributed by atoms with Crippen molar-refractivity contribution in [2.75, 3.05) is 0 Å². The summed E-state index contributed by atoms with van der Waals surface area (Å²) >= 11 is 0. The standard InChI is InChI=1S/C39H28N6/c1-40-38(31-15-8-20-41-25-31)45-39(32-16-9-21-42-26-32)43-24-27-10-7-14-30(22-27)36-23-34(28-11-3-2-4-12-28)37-33-17-6-5-13-29(33)18-19-35(37)44-36/h2-23,25-26H,1,24H2. The summed E-state index contributed by atoms with van der Waals surface area (Å²) in [6.45, 7) is 4.13. The van der Waals surface area contributed by atoms with E-state index in [-0.39, 0.29) is 0 Å². The number of rotatable bonds is 6. The molecule has 3 heterocycles. The van der Waals surface area contributed by atoms with Crippen LogP contribution in [0, 0.1) is 0 Å². The number of aliphatic imine (C=N–C) groups is 3. The Kier molecular flexibility index (Phi) is 7.76. The molecule has 0 saturated heterocycles. The molecule has 3 aromatic heterocycles. The summed E-state index contributed by atoms with van der Waals surface area (Å²) in [5, 5.41) is 3.55. The fourth-order valence-electron chi connectivity index (χ4n) is 5.47. The first-order chi connectivity index (χ1) is 22.3. The topological polar surface area (TPSA) is 75.8 Å². The molecule has 0 spiro atoms. The second-order valence-electron chi connectivity index (χ2n) is 10.5. The second-order valence-corrected chi connectivity index (χ2v) is 10.5. The van der Waals surface area contributed by atoms with Gasteiger partial charge in [-0.2, -0.15) is 0 Å². The van der Waals surface area contributed by atoms with E-state index in [0.717, 1.165) is 50.0 Å². The van der Waals surface area contributed by atoms with E-state index in [1.807, 2.05) is 36.4 Å². The third-order valence-electron chi connectivity index (χ3n) is 7.62. The highest BCUT2D eigenvalue weighted by atomic mass is 15.0. The van der Waals surface area contributed by atoms with Crippen LogP contribution in [0.25, 0.3) is 44.1 Å². The number of amidine groups is 2. The highest BCUT2D eigenvalue weighted by molar-refractivity contribution is 6.14. The van der Waals surface area contributed by atoms with Crippen molar-refractivity contribution in [3.63, 3.8) is 0 Å². The highest BCUT2D eigenvalue weighted by Gasteiger charge is 2.13. The summed E-state index contributed by atoms with van der Waals surface area (Å²) in [7, 11) is 0. The van der Waals surface area contributed by atoms with Gasteiger partial charge < -0.3 is 0 Å². The summed E-state index contributed by atoms with van der Waals surface area (Å²) in [4.78, 5) is 27.5. The first-order valence-corrected chi connectivity index (χ1v) is 14.6. The smallest absolute Gasteiger partial charge is 0.162 e. The van der Waals surface area contributed by atoms with Gasteiger partial charge in [-0.25, -0.2) is 15.0 Å². The van der Waals surface area contributed by atoms with Crippen LogP contribution in [0.2, 0.25) is 0 Å². The van der Waals surface area contributed by atoms with Gasteiger partial charge in [-0.1, -0.05) is 78.9 Å². The summed E-state index contributed by atoms with van der Waals surface area (Å²) in [6, 6.07) is 41.4. The number of benzene rings is 4. The van der Waals surface area contributed by atoms with Crippen LogP contribution in [0.15, 0.2) is 161 Å². The van der Waals surface area contributed by atoms with Gasteiger partial charge in [-0.15, -0.1) is 0 Å². The van der Waals surface area contributed by atoms with Gasteiger partial charge in [0.25, 0.3) is 0 Å². The molecule has 214 valence electrons. The van der Waals surface area contributed by atoms with Gasteiger partial charge in [0, 0.05) is 46.9 Å². The van der Waals surface area contributed by atoms with Gasteiger partial charge in [0.2, 0.25) is 0 Å². The van der Waals surface area contributed by atoms with E-state index in [4.69, 9.17) is 15.0 Å². The molecule has 0 aliphatic carbocycles. The van der Waals surface area contributed by atoms with E-state index < -0.39 is 0 Å². The summed E-state index contributed by atoms with van der Waals surface area (Å²) < 4.78 is 0. The predicted octanol–water partition coefficient (Wildman–Crippen LogP) is 8.61. The Morgan fingerprint density at radius 1 is 0.644 bits per heavy atom. The maximum Gasteiger partial charge on any atom is 0.162 e. The van der Waals surface area contributed by atoms with Crippen molar-refractivity contribution in [3.8, 4) is 22.4 Å². The number of nitrogens with zero attached hydrogens (tertiary/aromatic N) is 6. The van der Waals surface area contributed by atoms with Crippen LogP contribution >= 0.6 is 0 Å². The van der Waals surface area contributed by atoms with Crippen LogP contribution in [-0.2, 0) is 6.54 Å². The van der Waals surface area contributed by atoms with Crippen molar-refractivity contribution in [1.29, 1.82) is 0 Å². The summed E-state index contributed by atoms with van der Waals surface area (Å²) in [5.41, 5.74) is 7.77. The molecule has 0 radical (unpaired) electrons. The molecule has 0 unspecified atom stereocenters. The number of fused-ring (bicyclic) bond motifs is 3. The van der Waals surface area contributed by atoms with Crippen molar-refractivity contribution >= 4 is 40.1 Å². The number of hydrogen-bond acceptors (Lipinski definition) is 4. The fraction of sp³-hybridized carbons (Fsp3) is 0.0256. The van der Waals surface area contributed by atoms with Gasteiger partial charge in [0.15, 0.2) is 11.7 Å². The molecule has 7 rings (SSSR count). The average Bonchev–Trinajstić information content (AvgIpc) is 3.12. The first kappa shape index (κ1) is 27.7. The average molecular weight is 581 g/mol. The summed E-state index contributed by atoms with van der Waals surface area (Å²) in [5.74, 6) is 0.961.